The normalized spacial score (nSPS) is 24.8. The molecule has 0 aliphatic carbocycles. The molecule has 1 spiro atoms. The molecule has 3 aliphatic rings. The van der Waals surface area contributed by atoms with Crippen LogP contribution < -0.4 is 10.2 Å². The number of fused-ring (bicyclic) bond motifs is 6. The van der Waals surface area contributed by atoms with Crippen LogP contribution in [0.2, 0.25) is 0 Å². The molecule has 3 aromatic rings. The molecule has 3 heterocycles. The number of amides is 1. The van der Waals surface area contributed by atoms with E-state index in [0.29, 0.717) is 34.0 Å². The van der Waals surface area contributed by atoms with Gasteiger partial charge in [0.15, 0.2) is 11.6 Å². The zero-order valence-electron chi connectivity index (χ0n) is 21.6. The number of carbonyl (C=O) groups is 3. The van der Waals surface area contributed by atoms with Crippen LogP contribution in [0.3, 0.4) is 0 Å². The molecule has 1 saturated heterocycles. The topological polar surface area (TPSA) is 66.5 Å². The fraction of sp³-hybridized carbons (Fsp3) is 0.281. The van der Waals surface area contributed by atoms with Crippen LogP contribution in [0, 0.1) is 17.7 Å². The van der Waals surface area contributed by atoms with E-state index in [4.69, 9.17) is 0 Å². The van der Waals surface area contributed by atoms with Crippen molar-refractivity contribution < 1.29 is 18.8 Å². The van der Waals surface area contributed by atoms with Gasteiger partial charge >= 0.3 is 0 Å². The first-order chi connectivity index (χ1) is 18.2. The molecule has 0 unspecified atom stereocenters. The molecule has 192 valence electrons. The van der Waals surface area contributed by atoms with E-state index in [1.807, 2.05) is 47.4 Å². The summed E-state index contributed by atoms with van der Waals surface area (Å²) in [7, 11) is 0. The van der Waals surface area contributed by atoms with E-state index in [9.17, 15) is 18.8 Å². The number of ketones is 2. The Morgan fingerprint density at radius 2 is 1.79 bits per heavy atom. The molecule has 0 saturated carbocycles. The Balaban J connectivity index is 1.58. The lowest BCUT2D eigenvalue weighted by atomic mass is 9.64. The summed E-state index contributed by atoms with van der Waals surface area (Å²) < 4.78 is 14.1. The second-order valence-electron chi connectivity index (χ2n) is 11.0. The number of hydrogen-bond donors (Lipinski definition) is 1. The van der Waals surface area contributed by atoms with Crippen molar-refractivity contribution in [3.63, 3.8) is 0 Å². The number of Topliss-reactive ketones (excluding diaryl/α,β-unsaturated/α-hetero) is 2. The lowest BCUT2D eigenvalue weighted by molar-refractivity contribution is -0.122. The highest BCUT2D eigenvalue weighted by atomic mass is 19.1. The van der Waals surface area contributed by atoms with Gasteiger partial charge in [-0.3, -0.25) is 14.4 Å². The van der Waals surface area contributed by atoms with Gasteiger partial charge in [0.25, 0.3) is 0 Å². The molecule has 5 nitrogen and oxygen atoms in total. The van der Waals surface area contributed by atoms with E-state index >= 15 is 0 Å². The maximum absolute atomic E-state index is 14.5. The van der Waals surface area contributed by atoms with Gasteiger partial charge < -0.3 is 10.2 Å². The molecule has 1 fully saturated rings. The zero-order valence-corrected chi connectivity index (χ0v) is 21.6. The summed E-state index contributed by atoms with van der Waals surface area (Å²) >= 11 is 0. The van der Waals surface area contributed by atoms with Gasteiger partial charge in [0, 0.05) is 22.5 Å². The average Bonchev–Trinajstić information content (AvgIpc) is 3.36. The van der Waals surface area contributed by atoms with Gasteiger partial charge in [0.2, 0.25) is 5.91 Å². The number of benzene rings is 3. The second kappa shape index (κ2) is 8.76. The SMILES string of the molecule is CC(=O)[C@@H]1[C@H](C(=O)c2ccc(CC(C)C)cc2)[C@@]2(C(=O)Nc3ccccc32)[C@H]2C=Cc3cc(F)ccc3N12. The fourth-order valence-electron chi connectivity index (χ4n) is 6.76. The monoisotopic (exact) mass is 508 g/mol. The van der Waals surface area contributed by atoms with Gasteiger partial charge in [0.05, 0.1) is 18.0 Å². The van der Waals surface area contributed by atoms with Crippen molar-refractivity contribution in [2.45, 2.75) is 44.7 Å². The molecule has 1 N–H and O–H groups in total. The van der Waals surface area contributed by atoms with Crippen LogP contribution in [-0.4, -0.2) is 29.6 Å². The minimum atomic E-state index is -1.33. The van der Waals surface area contributed by atoms with Gasteiger partial charge in [-0.2, -0.15) is 0 Å². The van der Waals surface area contributed by atoms with Crippen LogP contribution in [0.25, 0.3) is 6.08 Å². The average molecular weight is 509 g/mol. The van der Waals surface area contributed by atoms with Crippen LogP contribution in [-0.2, 0) is 21.4 Å². The molecule has 3 aliphatic heterocycles. The fourth-order valence-corrected chi connectivity index (χ4v) is 6.76. The molecular weight excluding hydrogens is 479 g/mol. The predicted octanol–water partition coefficient (Wildman–Crippen LogP) is 5.59. The lowest BCUT2D eigenvalue weighted by Crippen LogP contribution is -2.51. The highest BCUT2D eigenvalue weighted by molar-refractivity contribution is 6.16. The lowest BCUT2D eigenvalue weighted by Gasteiger charge is -2.37. The smallest absolute Gasteiger partial charge is 0.238 e. The minimum Gasteiger partial charge on any atom is -0.352 e. The molecule has 3 aromatic carbocycles. The summed E-state index contributed by atoms with van der Waals surface area (Å²) in [6, 6.07) is 17.8. The zero-order chi connectivity index (χ0) is 26.8. The second-order valence-corrected chi connectivity index (χ2v) is 11.0. The number of anilines is 2. The Hall–Kier alpha value is -4.06. The number of hydrogen-bond acceptors (Lipinski definition) is 4. The maximum atomic E-state index is 14.5. The summed E-state index contributed by atoms with van der Waals surface area (Å²) in [6.45, 7) is 5.75. The first-order valence-electron chi connectivity index (χ1n) is 13.0. The number of nitrogens with one attached hydrogen (secondary N) is 1. The van der Waals surface area contributed by atoms with Crippen molar-refractivity contribution in [2.75, 3.05) is 10.2 Å². The minimum absolute atomic E-state index is 0.218. The third-order valence-electron chi connectivity index (χ3n) is 8.18. The van der Waals surface area contributed by atoms with Gasteiger partial charge in [-0.25, -0.2) is 4.39 Å². The van der Waals surface area contributed by atoms with Gasteiger partial charge in [-0.15, -0.1) is 0 Å². The number of para-hydroxylation sites is 1. The van der Waals surface area contributed by atoms with Crippen molar-refractivity contribution in [1.29, 1.82) is 0 Å². The summed E-state index contributed by atoms with van der Waals surface area (Å²) in [4.78, 5) is 43.9. The molecule has 0 bridgehead atoms. The van der Waals surface area contributed by atoms with E-state index in [-0.39, 0.29) is 17.5 Å². The van der Waals surface area contributed by atoms with Crippen LogP contribution in [0.1, 0.15) is 47.8 Å². The summed E-state index contributed by atoms with van der Waals surface area (Å²) in [5, 5.41) is 3.00. The van der Waals surface area contributed by atoms with Crippen LogP contribution in [0.5, 0.6) is 0 Å². The highest BCUT2D eigenvalue weighted by Gasteiger charge is 2.69. The number of halogens is 1. The largest absolute Gasteiger partial charge is 0.352 e. The standard InChI is InChI=1S/C32H29FN2O3/c1-18(2)16-20-8-10-21(11-9-20)30(37)28-29(19(3)36)35-26-14-13-23(33)17-22(26)12-15-27(35)32(28)24-6-4-5-7-25(24)34-31(32)38/h4-15,17-18,27-29H,16H2,1-3H3,(H,34,38)/t27-,28-,29-,32+/m1/s1. The van der Waals surface area contributed by atoms with E-state index in [0.717, 1.165) is 12.0 Å². The van der Waals surface area contributed by atoms with E-state index in [2.05, 4.69) is 19.2 Å². The quantitative estimate of drug-likeness (QED) is 0.457. The summed E-state index contributed by atoms with van der Waals surface area (Å²) in [5.41, 5.74) is 2.86. The third kappa shape index (κ3) is 3.39. The Morgan fingerprint density at radius 3 is 2.50 bits per heavy atom. The van der Waals surface area contributed by atoms with E-state index < -0.39 is 29.2 Å². The van der Waals surface area contributed by atoms with Crippen molar-refractivity contribution in [2.24, 2.45) is 11.8 Å². The van der Waals surface area contributed by atoms with E-state index in [1.165, 1.54) is 19.1 Å². The molecule has 0 aromatic heterocycles. The molecule has 1 amide bonds. The van der Waals surface area contributed by atoms with Crippen molar-refractivity contribution in [3.05, 3.63) is 101 Å². The van der Waals surface area contributed by atoms with Gasteiger partial charge in [0.1, 0.15) is 11.2 Å². The Morgan fingerprint density at radius 1 is 1.05 bits per heavy atom. The molecule has 6 heteroatoms. The maximum Gasteiger partial charge on any atom is 0.238 e. The molecule has 6 rings (SSSR count). The number of nitrogens with zero attached hydrogens (tertiary/aromatic N) is 1. The van der Waals surface area contributed by atoms with E-state index in [1.54, 1.807) is 24.3 Å². The van der Waals surface area contributed by atoms with Gasteiger partial charge in [-0.1, -0.05) is 68.5 Å². The predicted molar refractivity (Wildman–Crippen MR) is 146 cm³/mol. The number of carbonyl (C=O) groups excluding carboxylic acids is 3. The molecular formula is C32H29FN2O3. The Labute approximate surface area is 221 Å². The molecule has 4 atom stereocenters. The van der Waals surface area contributed by atoms with Crippen molar-refractivity contribution in [1.82, 2.24) is 0 Å². The Bertz CT molecular complexity index is 1510. The molecule has 38 heavy (non-hydrogen) atoms. The summed E-state index contributed by atoms with van der Waals surface area (Å²) in [5.74, 6) is -1.67. The molecule has 0 radical (unpaired) electrons. The highest BCUT2D eigenvalue weighted by Crippen LogP contribution is 2.57. The van der Waals surface area contributed by atoms with Gasteiger partial charge in [-0.05, 0) is 54.7 Å². The first kappa shape index (κ1) is 24.3. The third-order valence-corrected chi connectivity index (χ3v) is 8.18. The first-order valence-corrected chi connectivity index (χ1v) is 13.0. The summed E-state index contributed by atoms with van der Waals surface area (Å²) in [6.07, 6.45) is 4.53. The van der Waals surface area contributed by atoms with Crippen molar-refractivity contribution in [3.8, 4) is 0 Å². The van der Waals surface area contributed by atoms with Crippen LogP contribution in [0.15, 0.2) is 72.8 Å². The number of rotatable bonds is 5. The van der Waals surface area contributed by atoms with Crippen LogP contribution >= 0.6 is 0 Å². The Kier molecular flexibility index (Phi) is 5.60. The van der Waals surface area contributed by atoms with Crippen LogP contribution in [0.4, 0.5) is 15.8 Å². The van der Waals surface area contributed by atoms with Crippen molar-refractivity contribution >= 4 is 34.9 Å².